The Bertz CT molecular complexity index is 1170. The fourth-order valence-corrected chi connectivity index (χ4v) is 4.37. The summed E-state index contributed by atoms with van der Waals surface area (Å²) in [4.78, 5) is 25.8. The van der Waals surface area contributed by atoms with Crippen molar-refractivity contribution >= 4 is 28.2 Å². The smallest absolute Gasteiger partial charge is 0.341 e. The van der Waals surface area contributed by atoms with E-state index in [1.807, 2.05) is 12.1 Å². The van der Waals surface area contributed by atoms with E-state index < -0.39 is 18.0 Å². The molecule has 0 aliphatic carbocycles. The lowest BCUT2D eigenvalue weighted by molar-refractivity contribution is -0.125. The molecule has 0 fully saturated rings. The van der Waals surface area contributed by atoms with Crippen molar-refractivity contribution in [2.45, 2.75) is 13.0 Å². The number of hydrogen-bond donors (Lipinski definition) is 1. The van der Waals surface area contributed by atoms with Crippen LogP contribution in [0.4, 0.5) is 5.00 Å². The van der Waals surface area contributed by atoms with E-state index in [2.05, 4.69) is 5.32 Å². The topological polar surface area (TPSA) is 92.3 Å². The van der Waals surface area contributed by atoms with Gasteiger partial charge in [-0.15, -0.1) is 11.3 Å². The monoisotopic (exact) mass is 469 g/mol. The Morgan fingerprint density at radius 2 is 1.85 bits per heavy atom. The first-order valence-electron chi connectivity index (χ1n) is 10.3. The molecule has 1 aliphatic rings. The van der Waals surface area contributed by atoms with Crippen molar-refractivity contribution in [2.75, 3.05) is 32.8 Å². The van der Waals surface area contributed by atoms with Crippen LogP contribution < -0.4 is 24.3 Å². The number of ether oxygens (including phenoxy) is 5. The van der Waals surface area contributed by atoms with E-state index in [4.69, 9.17) is 23.7 Å². The Hall–Kier alpha value is -3.72. The minimum Gasteiger partial charge on any atom is -0.493 e. The molecule has 0 bridgehead atoms. The molecule has 1 aromatic heterocycles. The maximum Gasteiger partial charge on any atom is 0.341 e. The third kappa shape index (κ3) is 4.58. The van der Waals surface area contributed by atoms with Crippen molar-refractivity contribution in [3.63, 3.8) is 0 Å². The van der Waals surface area contributed by atoms with Gasteiger partial charge in [-0.1, -0.05) is 18.2 Å². The number of para-hydroxylation sites is 2. The van der Waals surface area contributed by atoms with Gasteiger partial charge in [-0.05, 0) is 36.8 Å². The third-order valence-electron chi connectivity index (χ3n) is 5.00. The van der Waals surface area contributed by atoms with Crippen molar-refractivity contribution in [1.29, 1.82) is 0 Å². The Labute approximate surface area is 195 Å². The number of methoxy groups -OCH3 is 2. The van der Waals surface area contributed by atoms with Crippen molar-refractivity contribution in [3.8, 4) is 34.1 Å². The van der Waals surface area contributed by atoms with Gasteiger partial charge in [0.25, 0.3) is 5.91 Å². The number of amides is 1. The molecule has 1 amide bonds. The number of hydrogen-bond acceptors (Lipinski definition) is 8. The van der Waals surface area contributed by atoms with E-state index in [1.54, 1.807) is 49.7 Å². The summed E-state index contributed by atoms with van der Waals surface area (Å²) in [6.07, 6.45) is -0.860. The summed E-state index contributed by atoms with van der Waals surface area (Å²) in [5.74, 6) is 1.21. The Balaban J connectivity index is 1.63. The highest BCUT2D eigenvalue weighted by Gasteiger charge is 2.30. The second-order valence-corrected chi connectivity index (χ2v) is 7.88. The van der Waals surface area contributed by atoms with Crippen LogP contribution in [0.2, 0.25) is 0 Å². The average Bonchev–Trinajstić information content (AvgIpc) is 3.26. The molecule has 4 rings (SSSR count). The quantitative estimate of drug-likeness (QED) is 0.513. The van der Waals surface area contributed by atoms with Crippen molar-refractivity contribution < 1.29 is 33.3 Å². The van der Waals surface area contributed by atoms with Crippen LogP contribution in [0.1, 0.15) is 17.3 Å². The molecule has 0 saturated carbocycles. The molecular formula is C24H23NO7S. The van der Waals surface area contributed by atoms with Gasteiger partial charge < -0.3 is 29.0 Å². The van der Waals surface area contributed by atoms with Crippen LogP contribution in [-0.2, 0) is 9.53 Å². The number of anilines is 1. The first-order valence-corrected chi connectivity index (χ1v) is 11.1. The van der Waals surface area contributed by atoms with Crippen LogP contribution in [-0.4, -0.2) is 45.4 Å². The zero-order valence-corrected chi connectivity index (χ0v) is 19.2. The van der Waals surface area contributed by atoms with E-state index in [9.17, 15) is 9.59 Å². The number of nitrogens with one attached hydrogen (secondary N) is 1. The molecule has 2 heterocycles. The molecule has 1 unspecified atom stereocenters. The molecule has 9 heteroatoms. The van der Waals surface area contributed by atoms with Gasteiger partial charge in [0.05, 0.1) is 20.8 Å². The number of carbonyl (C=O) groups excluding carboxylic acids is 2. The van der Waals surface area contributed by atoms with Crippen molar-refractivity contribution in [3.05, 3.63) is 53.4 Å². The highest BCUT2D eigenvalue weighted by Crippen LogP contribution is 2.40. The van der Waals surface area contributed by atoms with Gasteiger partial charge in [-0.2, -0.15) is 0 Å². The van der Waals surface area contributed by atoms with Gasteiger partial charge in [0.15, 0.2) is 23.0 Å². The molecular weight excluding hydrogens is 446 g/mol. The maximum absolute atomic E-state index is 12.9. The molecule has 0 radical (unpaired) electrons. The molecule has 1 atom stereocenters. The minimum absolute atomic E-state index is 0.0610. The van der Waals surface area contributed by atoms with Gasteiger partial charge in [-0.25, -0.2) is 4.79 Å². The number of thiophene rings is 1. The lowest BCUT2D eigenvalue weighted by Gasteiger charge is -2.25. The molecule has 8 nitrogen and oxygen atoms in total. The highest BCUT2D eigenvalue weighted by molar-refractivity contribution is 7.15. The van der Waals surface area contributed by atoms with E-state index in [0.29, 0.717) is 33.6 Å². The Kier molecular flexibility index (Phi) is 6.69. The minimum atomic E-state index is -0.860. The average molecular weight is 470 g/mol. The predicted octanol–water partition coefficient (Wildman–Crippen LogP) is 4.39. The fourth-order valence-electron chi connectivity index (χ4n) is 3.41. The number of rotatable bonds is 7. The van der Waals surface area contributed by atoms with Crippen molar-refractivity contribution in [1.82, 2.24) is 0 Å². The van der Waals surface area contributed by atoms with Crippen LogP contribution >= 0.6 is 11.3 Å². The number of carbonyl (C=O) groups is 2. The van der Waals surface area contributed by atoms with Crippen LogP contribution in [0.3, 0.4) is 0 Å². The SMILES string of the molecule is CCOC(=O)c1c(-c2ccc(OC)c(OC)c2)csc1NC(=O)C1COc2ccccc2O1. The molecule has 0 saturated heterocycles. The molecule has 172 valence electrons. The largest absolute Gasteiger partial charge is 0.493 e. The van der Waals surface area contributed by atoms with E-state index in [1.165, 1.54) is 18.4 Å². The van der Waals surface area contributed by atoms with E-state index in [-0.39, 0.29) is 18.8 Å². The maximum atomic E-state index is 12.9. The van der Waals surface area contributed by atoms with E-state index in [0.717, 1.165) is 5.56 Å². The number of esters is 1. The van der Waals surface area contributed by atoms with Gasteiger partial charge in [0.2, 0.25) is 6.10 Å². The molecule has 3 aromatic rings. The van der Waals surface area contributed by atoms with Crippen molar-refractivity contribution in [2.24, 2.45) is 0 Å². The normalized spacial score (nSPS) is 14.3. The zero-order chi connectivity index (χ0) is 23.4. The first-order chi connectivity index (χ1) is 16.0. The molecule has 2 aromatic carbocycles. The summed E-state index contributed by atoms with van der Waals surface area (Å²) in [5, 5.41) is 4.96. The Morgan fingerprint density at radius 3 is 2.58 bits per heavy atom. The number of benzene rings is 2. The second-order valence-electron chi connectivity index (χ2n) is 7.00. The summed E-state index contributed by atoms with van der Waals surface area (Å²) in [5.41, 5.74) is 1.60. The van der Waals surface area contributed by atoms with Crippen LogP contribution in [0.5, 0.6) is 23.0 Å². The summed E-state index contributed by atoms with van der Waals surface area (Å²) in [6, 6.07) is 12.5. The van der Waals surface area contributed by atoms with Gasteiger partial charge in [0.1, 0.15) is 17.2 Å². The Morgan fingerprint density at radius 1 is 1.09 bits per heavy atom. The van der Waals surface area contributed by atoms with Crippen LogP contribution in [0.15, 0.2) is 47.8 Å². The van der Waals surface area contributed by atoms with Gasteiger partial charge in [-0.3, -0.25) is 4.79 Å². The third-order valence-corrected chi connectivity index (χ3v) is 5.90. The zero-order valence-electron chi connectivity index (χ0n) is 18.4. The molecule has 1 aliphatic heterocycles. The van der Waals surface area contributed by atoms with Gasteiger partial charge >= 0.3 is 5.97 Å². The highest BCUT2D eigenvalue weighted by atomic mass is 32.1. The van der Waals surface area contributed by atoms with E-state index >= 15 is 0 Å². The standard InChI is InChI=1S/C24H23NO7S/c1-4-30-24(27)21-15(14-9-10-16(28-2)19(11-14)29-3)13-33-23(21)25-22(26)20-12-31-17-7-5-6-8-18(17)32-20/h5-11,13,20H,4,12H2,1-3H3,(H,25,26). The molecule has 0 spiro atoms. The molecule has 33 heavy (non-hydrogen) atoms. The second kappa shape index (κ2) is 9.83. The lowest BCUT2D eigenvalue weighted by atomic mass is 10.0. The van der Waals surface area contributed by atoms with Gasteiger partial charge in [0, 0.05) is 10.9 Å². The summed E-state index contributed by atoms with van der Waals surface area (Å²) >= 11 is 1.23. The number of fused-ring (bicyclic) bond motifs is 1. The summed E-state index contributed by atoms with van der Waals surface area (Å²) in [7, 11) is 3.09. The summed E-state index contributed by atoms with van der Waals surface area (Å²) < 4.78 is 27.4. The van der Waals surface area contributed by atoms with Crippen LogP contribution in [0, 0.1) is 0 Å². The van der Waals surface area contributed by atoms with Crippen LogP contribution in [0.25, 0.3) is 11.1 Å². The first kappa shape index (κ1) is 22.5. The molecule has 1 N–H and O–H groups in total. The lowest BCUT2D eigenvalue weighted by Crippen LogP contribution is -2.40. The summed E-state index contributed by atoms with van der Waals surface area (Å²) in [6.45, 7) is 1.98. The predicted molar refractivity (Wildman–Crippen MR) is 124 cm³/mol. The fraction of sp³-hybridized carbons (Fsp3) is 0.250.